The molecule has 25 heavy (non-hydrogen) atoms. The van der Waals surface area contributed by atoms with Crippen LogP contribution < -0.4 is 0 Å². The van der Waals surface area contributed by atoms with Gasteiger partial charge < -0.3 is 8.85 Å². The van der Waals surface area contributed by atoms with E-state index in [-0.39, 0.29) is 18.1 Å². The van der Waals surface area contributed by atoms with Gasteiger partial charge in [-0.05, 0) is 49.2 Å². The molecule has 9 heteroatoms. The van der Waals surface area contributed by atoms with Crippen LogP contribution in [0.5, 0.6) is 0 Å². The Labute approximate surface area is 144 Å². The van der Waals surface area contributed by atoms with Gasteiger partial charge in [-0.25, -0.2) is 0 Å². The Balaban J connectivity index is 2.72. The number of aryl methyl sites for hydroxylation is 1. The van der Waals surface area contributed by atoms with Crippen LogP contribution in [-0.4, -0.2) is 22.8 Å². The minimum Gasteiger partial charge on any atom is -0.398 e. The van der Waals surface area contributed by atoms with Crippen LogP contribution in [-0.2, 0) is 27.6 Å². The maximum Gasteiger partial charge on any atom is 0.416 e. The van der Waals surface area contributed by atoms with Gasteiger partial charge in [0.15, 0.2) is 0 Å². The molecule has 0 aromatic heterocycles. The number of benzene rings is 1. The lowest BCUT2D eigenvalue weighted by Crippen LogP contribution is -2.35. The molecule has 0 fully saturated rings. The second kappa shape index (κ2) is 8.55. The minimum atomic E-state index is -4.81. The average molecular weight is 388 g/mol. The van der Waals surface area contributed by atoms with E-state index in [1.54, 1.807) is 14.2 Å². The van der Waals surface area contributed by atoms with Gasteiger partial charge in [-0.1, -0.05) is 12.8 Å². The van der Waals surface area contributed by atoms with Crippen LogP contribution in [0.3, 0.4) is 0 Å². The van der Waals surface area contributed by atoms with Gasteiger partial charge in [-0.15, -0.1) is 0 Å². The number of halogens is 6. The lowest BCUT2D eigenvalue weighted by molar-refractivity contribution is -0.143. The van der Waals surface area contributed by atoms with Crippen LogP contribution in [0.1, 0.15) is 36.0 Å². The molecule has 0 N–H and O–H groups in total. The first-order chi connectivity index (χ1) is 11.4. The maximum atomic E-state index is 12.8. The summed E-state index contributed by atoms with van der Waals surface area (Å²) < 4.78 is 87.4. The molecule has 0 spiro atoms. The molecule has 1 rings (SSSR count). The molecule has 0 radical (unpaired) electrons. The molecule has 0 saturated heterocycles. The standard InChI is InChI=1S/C16H22F6O2Si/c1-23-25(3,24-2)8-6-4-5-7-12-9-13(15(17,18)19)11-14(10-12)16(20,21)22/h9-11H,4-8H2,1-3H3. The number of hydrogen-bond acceptors (Lipinski definition) is 2. The SMILES string of the molecule is CO[Si](C)(CCCCCc1cc(C(F)(F)F)cc(C(F)(F)F)c1)OC. The fraction of sp³-hybridized carbons (Fsp3) is 0.625. The molecule has 0 bridgehead atoms. The van der Waals surface area contributed by atoms with Gasteiger partial charge in [0, 0.05) is 14.2 Å². The highest BCUT2D eigenvalue weighted by Crippen LogP contribution is 2.36. The summed E-state index contributed by atoms with van der Waals surface area (Å²) >= 11 is 0. The smallest absolute Gasteiger partial charge is 0.398 e. The Hall–Kier alpha value is -1.06. The van der Waals surface area contributed by atoms with E-state index in [1.807, 2.05) is 6.55 Å². The zero-order chi connectivity index (χ0) is 19.3. The molecule has 0 atom stereocenters. The fourth-order valence-corrected chi connectivity index (χ4v) is 3.87. The molecule has 0 aliphatic carbocycles. The Morgan fingerprint density at radius 2 is 1.28 bits per heavy atom. The maximum absolute atomic E-state index is 12.8. The molecule has 0 heterocycles. The lowest BCUT2D eigenvalue weighted by Gasteiger charge is -2.22. The van der Waals surface area contributed by atoms with E-state index < -0.39 is 32.0 Å². The van der Waals surface area contributed by atoms with Crippen molar-refractivity contribution in [2.45, 2.75) is 50.6 Å². The first kappa shape index (κ1) is 22.0. The van der Waals surface area contributed by atoms with E-state index in [4.69, 9.17) is 8.85 Å². The van der Waals surface area contributed by atoms with Crippen LogP contribution in [0.15, 0.2) is 18.2 Å². The molecule has 0 aliphatic heterocycles. The summed E-state index contributed by atoms with van der Waals surface area (Å²) in [5, 5.41) is 0. The van der Waals surface area contributed by atoms with Crippen molar-refractivity contribution in [3.05, 3.63) is 34.9 Å². The zero-order valence-electron chi connectivity index (χ0n) is 14.4. The van der Waals surface area contributed by atoms with Crippen molar-refractivity contribution in [3.8, 4) is 0 Å². The molecule has 0 aliphatic rings. The summed E-state index contributed by atoms with van der Waals surface area (Å²) in [6.45, 7) is 1.90. The molecular weight excluding hydrogens is 366 g/mol. The third-order valence-corrected chi connectivity index (χ3v) is 7.10. The summed E-state index contributed by atoms with van der Waals surface area (Å²) in [6, 6.07) is 2.45. The Morgan fingerprint density at radius 1 is 0.800 bits per heavy atom. The number of hydrogen-bond donors (Lipinski definition) is 0. The average Bonchev–Trinajstić information content (AvgIpc) is 2.52. The van der Waals surface area contributed by atoms with E-state index in [1.165, 1.54) is 0 Å². The molecule has 0 amide bonds. The summed E-state index contributed by atoms with van der Waals surface area (Å²) in [6.07, 6.45) is -7.54. The van der Waals surface area contributed by atoms with E-state index in [0.29, 0.717) is 12.8 Å². The summed E-state index contributed by atoms with van der Waals surface area (Å²) in [5.74, 6) is 0. The molecular formula is C16H22F6O2Si. The van der Waals surface area contributed by atoms with Crippen molar-refractivity contribution in [2.24, 2.45) is 0 Å². The summed E-state index contributed by atoms with van der Waals surface area (Å²) in [4.78, 5) is 0. The topological polar surface area (TPSA) is 18.5 Å². The Morgan fingerprint density at radius 3 is 1.68 bits per heavy atom. The third kappa shape index (κ3) is 6.99. The zero-order valence-corrected chi connectivity index (χ0v) is 15.4. The molecule has 0 saturated carbocycles. The quantitative estimate of drug-likeness (QED) is 0.318. The largest absolute Gasteiger partial charge is 0.416 e. The van der Waals surface area contributed by atoms with Gasteiger partial charge in [-0.2, -0.15) is 26.3 Å². The summed E-state index contributed by atoms with van der Waals surface area (Å²) in [7, 11) is 0.941. The van der Waals surface area contributed by atoms with E-state index >= 15 is 0 Å². The molecule has 2 nitrogen and oxygen atoms in total. The van der Waals surface area contributed by atoms with Crippen molar-refractivity contribution in [3.63, 3.8) is 0 Å². The number of alkyl halides is 6. The number of unbranched alkanes of at least 4 members (excludes halogenated alkanes) is 2. The van der Waals surface area contributed by atoms with E-state index in [0.717, 1.165) is 24.6 Å². The second-order valence-corrected chi connectivity index (χ2v) is 9.60. The van der Waals surface area contributed by atoms with Gasteiger partial charge in [0.2, 0.25) is 0 Å². The van der Waals surface area contributed by atoms with Crippen molar-refractivity contribution < 1.29 is 35.2 Å². The number of rotatable bonds is 8. The van der Waals surface area contributed by atoms with Crippen LogP contribution >= 0.6 is 0 Å². The van der Waals surface area contributed by atoms with Crippen molar-refractivity contribution in [2.75, 3.05) is 14.2 Å². The second-order valence-electron chi connectivity index (χ2n) is 6.02. The molecule has 1 aromatic rings. The highest BCUT2D eigenvalue weighted by atomic mass is 28.4. The molecule has 1 aromatic carbocycles. The van der Waals surface area contributed by atoms with Gasteiger partial charge in [0.05, 0.1) is 11.1 Å². The van der Waals surface area contributed by atoms with Gasteiger partial charge in [0.25, 0.3) is 0 Å². The van der Waals surface area contributed by atoms with Gasteiger partial charge in [-0.3, -0.25) is 0 Å². The molecule has 144 valence electrons. The third-order valence-electron chi connectivity index (χ3n) is 4.11. The monoisotopic (exact) mass is 388 g/mol. The summed E-state index contributed by atoms with van der Waals surface area (Å²) in [5.41, 5.74) is -2.49. The van der Waals surface area contributed by atoms with Crippen molar-refractivity contribution in [1.82, 2.24) is 0 Å². The highest BCUT2D eigenvalue weighted by Gasteiger charge is 2.36. The van der Waals surface area contributed by atoms with E-state index in [9.17, 15) is 26.3 Å². The van der Waals surface area contributed by atoms with Gasteiger partial charge in [0.1, 0.15) is 0 Å². The highest BCUT2D eigenvalue weighted by molar-refractivity contribution is 6.65. The molecule has 0 unspecified atom stereocenters. The van der Waals surface area contributed by atoms with Crippen LogP contribution in [0.4, 0.5) is 26.3 Å². The fourth-order valence-electron chi connectivity index (χ4n) is 2.40. The first-order valence-corrected chi connectivity index (χ1v) is 10.3. The van der Waals surface area contributed by atoms with Crippen molar-refractivity contribution in [1.29, 1.82) is 0 Å². The Bertz CT molecular complexity index is 520. The first-order valence-electron chi connectivity index (χ1n) is 7.80. The minimum absolute atomic E-state index is 0.0423. The van der Waals surface area contributed by atoms with Crippen molar-refractivity contribution >= 4 is 8.56 Å². The van der Waals surface area contributed by atoms with E-state index in [2.05, 4.69) is 0 Å². The van der Waals surface area contributed by atoms with Gasteiger partial charge >= 0.3 is 20.9 Å². The normalized spacial score (nSPS) is 13.3. The lowest BCUT2D eigenvalue weighted by atomic mass is 10.0. The van der Waals surface area contributed by atoms with Crippen LogP contribution in [0, 0.1) is 0 Å². The predicted molar refractivity (Wildman–Crippen MR) is 84.4 cm³/mol. The predicted octanol–water partition coefficient (Wildman–Crippen LogP) is 5.80. The van der Waals surface area contributed by atoms with Crippen LogP contribution in [0.2, 0.25) is 12.6 Å². The Kier molecular flexibility index (Phi) is 7.51. The van der Waals surface area contributed by atoms with Crippen LogP contribution in [0.25, 0.3) is 0 Å².